The molecule has 0 saturated carbocycles. The van der Waals surface area contributed by atoms with Gasteiger partial charge in [0.05, 0.1) is 34.4 Å². The maximum Gasteiger partial charge on any atom is 0.257 e. The maximum absolute atomic E-state index is 13.2. The van der Waals surface area contributed by atoms with Crippen molar-refractivity contribution in [2.75, 3.05) is 16.3 Å². The van der Waals surface area contributed by atoms with Gasteiger partial charge in [-0.1, -0.05) is 23.2 Å². The van der Waals surface area contributed by atoms with Crippen LogP contribution in [-0.2, 0) is 17.1 Å². The van der Waals surface area contributed by atoms with Gasteiger partial charge in [-0.05, 0) is 30.3 Å². The van der Waals surface area contributed by atoms with E-state index < -0.39 is 21.7 Å². The summed E-state index contributed by atoms with van der Waals surface area (Å²) in [7, 11) is -1.81. The number of aryl methyl sites for hydroxylation is 1. The monoisotopic (exact) mass is 456 g/mol. The Balaban J connectivity index is 1.87. The first-order chi connectivity index (χ1) is 13.5. The summed E-state index contributed by atoms with van der Waals surface area (Å²) in [6.45, 7) is 0. The molecule has 0 unspecified atom stereocenters. The molecule has 29 heavy (non-hydrogen) atoms. The predicted molar refractivity (Wildman–Crippen MR) is 111 cm³/mol. The van der Waals surface area contributed by atoms with E-state index in [2.05, 4.69) is 15.0 Å². The van der Waals surface area contributed by atoms with Crippen LogP contribution in [0.3, 0.4) is 0 Å². The quantitative estimate of drug-likeness (QED) is 0.602. The summed E-state index contributed by atoms with van der Waals surface area (Å²) < 4.78 is 40.0. The number of hydrogen-bond acceptors (Lipinski definition) is 4. The molecule has 0 aliphatic rings. The molecular formula is C18H15Cl2FN4O3S. The molecule has 152 valence electrons. The molecule has 11 heteroatoms. The Hall–Kier alpha value is -2.62. The Kier molecular flexibility index (Phi) is 5.83. The normalized spacial score (nSPS) is 11.3. The number of sulfonamides is 1. The van der Waals surface area contributed by atoms with Crippen LogP contribution in [0.4, 0.5) is 15.8 Å². The van der Waals surface area contributed by atoms with Crippen molar-refractivity contribution >= 4 is 50.5 Å². The molecule has 3 aromatic rings. The smallest absolute Gasteiger partial charge is 0.257 e. The van der Waals surface area contributed by atoms with Gasteiger partial charge in [-0.25, -0.2) is 12.8 Å². The van der Waals surface area contributed by atoms with Crippen molar-refractivity contribution in [2.24, 2.45) is 7.05 Å². The molecule has 0 aliphatic carbocycles. The Morgan fingerprint density at radius 2 is 1.83 bits per heavy atom. The van der Waals surface area contributed by atoms with E-state index in [0.29, 0.717) is 22.6 Å². The lowest BCUT2D eigenvalue weighted by Crippen LogP contribution is -2.13. The standard InChI is InChI=1S/C18H15Cl2FN4O3S/c1-25-9-10(3-16(25)17-15(20)6-12(21)8-22-17)18(26)23-13-4-11(19)5-14(7-13)24-29(2,27)28/h3-9,24H,1-2H3,(H,23,26). The topological polar surface area (TPSA) is 93.1 Å². The van der Waals surface area contributed by atoms with E-state index >= 15 is 0 Å². The number of aromatic nitrogens is 2. The van der Waals surface area contributed by atoms with Crippen molar-refractivity contribution in [3.05, 3.63) is 64.2 Å². The number of benzene rings is 1. The number of anilines is 2. The highest BCUT2D eigenvalue weighted by molar-refractivity contribution is 7.92. The fraction of sp³-hybridized carbons (Fsp3) is 0.111. The molecule has 2 heterocycles. The van der Waals surface area contributed by atoms with Crippen LogP contribution in [0, 0.1) is 5.82 Å². The van der Waals surface area contributed by atoms with Gasteiger partial charge in [0.25, 0.3) is 5.91 Å². The zero-order valence-electron chi connectivity index (χ0n) is 15.2. The molecule has 0 aliphatic heterocycles. The molecule has 7 nitrogen and oxygen atoms in total. The van der Waals surface area contributed by atoms with Crippen LogP contribution in [-0.4, -0.2) is 30.1 Å². The summed E-state index contributed by atoms with van der Waals surface area (Å²) in [6.07, 6.45) is 3.61. The highest BCUT2D eigenvalue weighted by Crippen LogP contribution is 2.28. The van der Waals surface area contributed by atoms with E-state index in [0.717, 1.165) is 18.5 Å². The summed E-state index contributed by atoms with van der Waals surface area (Å²) in [5.74, 6) is -1.02. The zero-order chi connectivity index (χ0) is 21.3. The van der Waals surface area contributed by atoms with E-state index in [9.17, 15) is 17.6 Å². The molecule has 0 radical (unpaired) electrons. The number of rotatable bonds is 5. The predicted octanol–water partition coefficient (Wildman–Crippen LogP) is 4.16. The van der Waals surface area contributed by atoms with Crippen molar-refractivity contribution in [1.82, 2.24) is 9.55 Å². The van der Waals surface area contributed by atoms with E-state index in [-0.39, 0.29) is 15.7 Å². The summed E-state index contributed by atoms with van der Waals surface area (Å²) in [5, 5.41) is 3.01. The van der Waals surface area contributed by atoms with Crippen molar-refractivity contribution in [1.29, 1.82) is 0 Å². The van der Waals surface area contributed by atoms with Gasteiger partial charge in [-0.3, -0.25) is 14.5 Å². The molecule has 3 rings (SSSR count). The second-order valence-corrected chi connectivity index (χ2v) is 8.86. The summed E-state index contributed by atoms with van der Waals surface area (Å²) in [6, 6.07) is 7.03. The van der Waals surface area contributed by atoms with Gasteiger partial charge in [0, 0.05) is 24.0 Å². The van der Waals surface area contributed by atoms with Gasteiger partial charge in [0.2, 0.25) is 10.0 Å². The first kappa shape index (κ1) is 21.1. The number of nitrogens with one attached hydrogen (secondary N) is 2. The average Bonchev–Trinajstić information content (AvgIpc) is 2.94. The van der Waals surface area contributed by atoms with Gasteiger partial charge < -0.3 is 9.88 Å². The molecule has 0 spiro atoms. The van der Waals surface area contributed by atoms with Crippen LogP contribution in [0.15, 0.2) is 42.7 Å². The highest BCUT2D eigenvalue weighted by atomic mass is 35.5. The van der Waals surface area contributed by atoms with Crippen LogP contribution < -0.4 is 10.0 Å². The third-order valence-corrected chi connectivity index (χ3v) is 4.89. The number of halogens is 3. The molecule has 1 amide bonds. The van der Waals surface area contributed by atoms with Crippen LogP contribution >= 0.6 is 23.2 Å². The Labute approximate surface area is 176 Å². The van der Waals surface area contributed by atoms with E-state index in [4.69, 9.17) is 23.2 Å². The van der Waals surface area contributed by atoms with Crippen molar-refractivity contribution < 1.29 is 17.6 Å². The third kappa shape index (κ3) is 5.26. The number of pyridine rings is 1. The molecule has 1 aromatic carbocycles. The van der Waals surface area contributed by atoms with Crippen LogP contribution in [0.1, 0.15) is 10.4 Å². The van der Waals surface area contributed by atoms with Crippen molar-refractivity contribution in [2.45, 2.75) is 0 Å². The average molecular weight is 457 g/mol. The van der Waals surface area contributed by atoms with Gasteiger partial charge >= 0.3 is 0 Å². The SMILES string of the molecule is Cn1cc(C(=O)Nc2cc(Cl)cc(NS(C)(=O)=O)c2)cc1-c1ncc(F)cc1Cl. The maximum atomic E-state index is 13.2. The van der Waals surface area contributed by atoms with E-state index in [1.54, 1.807) is 23.9 Å². The lowest BCUT2D eigenvalue weighted by molar-refractivity contribution is 0.102. The molecule has 2 N–H and O–H groups in total. The molecule has 0 atom stereocenters. The largest absolute Gasteiger partial charge is 0.348 e. The number of amides is 1. The molecule has 0 fully saturated rings. The summed E-state index contributed by atoms with van der Waals surface area (Å²) in [5.41, 5.74) is 1.66. The van der Waals surface area contributed by atoms with Gasteiger partial charge in [-0.2, -0.15) is 0 Å². The number of hydrogen-bond donors (Lipinski definition) is 2. The minimum atomic E-state index is -3.50. The third-order valence-electron chi connectivity index (χ3n) is 3.78. The van der Waals surface area contributed by atoms with Crippen molar-refractivity contribution in [3.63, 3.8) is 0 Å². The van der Waals surface area contributed by atoms with Gasteiger partial charge in [-0.15, -0.1) is 0 Å². The Bertz CT molecular complexity index is 1210. The summed E-state index contributed by atoms with van der Waals surface area (Å²) in [4.78, 5) is 16.6. The molecule has 0 saturated heterocycles. The van der Waals surface area contributed by atoms with Crippen LogP contribution in [0.25, 0.3) is 11.4 Å². The number of carbonyl (C=O) groups is 1. The second kappa shape index (κ2) is 8.02. The molecule has 2 aromatic heterocycles. The Morgan fingerprint density at radius 3 is 2.48 bits per heavy atom. The second-order valence-electron chi connectivity index (χ2n) is 6.27. The fourth-order valence-electron chi connectivity index (χ4n) is 2.67. The highest BCUT2D eigenvalue weighted by Gasteiger charge is 2.16. The first-order valence-electron chi connectivity index (χ1n) is 8.09. The van der Waals surface area contributed by atoms with E-state index in [1.165, 1.54) is 18.2 Å². The van der Waals surface area contributed by atoms with Gasteiger partial charge in [0.15, 0.2) is 0 Å². The molecular weight excluding hydrogens is 442 g/mol. The zero-order valence-corrected chi connectivity index (χ0v) is 17.5. The van der Waals surface area contributed by atoms with E-state index in [1.807, 2.05) is 0 Å². The minimum Gasteiger partial charge on any atom is -0.348 e. The fourth-order valence-corrected chi connectivity index (χ4v) is 3.70. The van der Waals surface area contributed by atoms with Crippen LogP contribution in [0.5, 0.6) is 0 Å². The Morgan fingerprint density at radius 1 is 1.14 bits per heavy atom. The summed E-state index contributed by atoms with van der Waals surface area (Å²) >= 11 is 12.1. The van der Waals surface area contributed by atoms with Gasteiger partial charge in [0.1, 0.15) is 11.5 Å². The number of carbonyl (C=O) groups excluding carboxylic acids is 1. The number of nitrogens with zero attached hydrogens (tertiary/aromatic N) is 2. The first-order valence-corrected chi connectivity index (χ1v) is 10.7. The van der Waals surface area contributed by atoms with Crippen LogP contribution in [0.2, 0.25) is 10.0 Å². The van der Waals surface area contributed by atoms with Crippen molar-refractivity contribution in [3.8, 4) is 11.4 Å². The lowest BCUT2D eigenvalue weighted by Gasteiger charge is -2.09. The molecule has 0 bridgehead atoms. The minimum absolute atomic E-state index is 0.115. The lowest BCUT2D eigenvalue weighted by atomic mass is 10.2.